The van der Waals surface area contributed by atoms with Crippen molar-refractivity contribution in [2.75, 3.05) is 31.5 Å². The molecule has 8 heteroatoms. The summed E-state index contributed by atoms with van der Waals surface area (Å²) in [6.45, 7) is 1.99. The summed E-state index contributed by atoms with van der Waals surface area (Å²) in [7, 11) is -3.62. The molecule has 1 saturated heterocycles. The number of ketones is 1. The second kappa shape index (κ2) is 4.65. The van der Waals surface area contributed by atoms with Gasteiger partial charge in [-0.3, -0.25) is 9.59 Å². The molecule has 0 radical (unpaired) electrons. The lowest BCUT2D eigenvalue weighted by Crippen LogP contribution is -2.46. The Balaban J connectivity index is 1.99. The van der Waals surface area contributed by atoms with Gasteiger partial charge in [0, 0.05) is 26.2 Å². The molecule has 2 N–H and O–H groups in total. The molecule has 1 aromatic rings. The Kier molecular flexibility index (Phi) is 3.08. The zero-order chi connectivity index (χ0) is 14.3. The van der Waals surface area contributed by atoms with E-state index in [0.717, 1.165) is 0 Å². The van der Waals surface area contributed by atoms with E-state index in [0.29, 0.717) is 31.9 Å². The van der Waals surface area contributed by atoms with Crippen molar-refractivity contribution in [3.8, 4) is 0 Å². The third kappa shape index (κ3) is 2.01. The number of hydrogen-bond donors (Lipinski definition) is 2. The van der Waals surface area contributed by atoms with Crippen molar-refractivity contribution in [1.82, 2.24) is 9.62 Å². The van der Waals surface area contributed by atoms with Crippen LogP contribution in [0.15, 0.2) is 23.1 Å². The van der Waals surface area contributed by atoms with Gasteiger partial charge in [0.2, 0.25) is 10.0 Å². The van der Waals surface area contributed by atoms with Gasteiger partial charge in [0.05, 0.1) is 16.1 Å². The molecular formula is C12H13N3O4S. The number of fused-ring (bicyclic) bond motifs is 1. The second-order valence-corrected chi connectivity index (χ2v) is 6.58. The van der Waals surface area contributed by atoms with E-state index in [9.17, 15) is 18.0 Å². The minimum atomic E-state index is -3.62. The number of carbonyl (C=O) groups excluding carboxylic acids is 2. The maximum absolute atomic E-state index is 12.5. The van der Waals surface area contributed by atoms with Crippen LogP contribution in [0.5, 0.6) is 0 Å². The van der Waals surface area contributed by atoms with E-state index in [2.05, 4.69) is 10.6 Å². The van der Waals surface area contributed by atoms with E-state index < -0.39 is 21.7 Å². The summed E-state index contributed by atoms with van der Waals surface area (Å²) >= 11 is 0. The number of nitrogens with one attached hydrogen (secondary N) is 2. The Morgan fingerprint density at radius 1 is 1.10 bits per heavy atom. The van der Waals surface area contributed by atoms with Crippen LogP contribution in [0.25, 0.3) is 0 Å². The number of carbonyl (C=O) groups is 2. The minimum Gasteiger partial charge on any atom is -0.318 e. The normalized spacial score (nSPS) is 19.8. The number of amides is 1. The first-order valence-corrected chi connectivity index (χ1v) is 7.65. The van der Waals surface area contributed by atoms with Crippen molar-refractivity contribution >= 4 is 27.4 Å². The zero-order valence-corrected chi connectivity index (χ0v) is 11.4. The Labute approximate surface area is 116 Å². The fourth-order valence-corrected chi connectivity index (χ4v) is 3.78. The molecule has 1 aromatic carbocycles. The lowest BCUT2D eigenvalue weighted by Gasteiger charge is -2.26. The number of Topliss-reactive ketones (excluding diaryl/α,β-unsaturated/α-hetero) is 1. The van der Waals surface area contributed by atoms with Gasteiger partial charge < -0.3 is 10.6 Å². The number of hydrogen-bond acceptors (Lipinski definition) is 5. The highest BCUT2D eigenvalue weighted by Crippen LogP contribution is 2.27. The number of anilines is 1. The lowest BCUT2D eigenvalue weighted by atomic mass is 10.1. The SMILES string of the molecule is O=C1Nc2ccc(S(=O)(=O)N3CCNCC3)cc2C1=O. The molecule has 0 aromatic heterocycles. The van der Waals surface area contributed by atoms with Crippen LogP contribution in [0.4, 0.5) is 5.69 Å². The molecule has 0 bridgehead atoms. The summed E-state index contributed by atoms with van der Waals surface area (Å²) in [5, 5.41) is 5.48. The van der Waals surface area contributed by atoms with Crippen molar-refractivity contribution < 1.29 is 18.0 Å². The first kappa shape index (κ1) is 13.2. The van der Waals surface area contributed by atoms with Gasteiger partial charge in [-0.15, -0.1) is 0 Å². The molecule has 0 spiro atoms. The van der Waals surface area contributed by atoms with Crippen molar-refractivity contribution in [2.45, 2.75) is 4.90 Å². The van der Waals surface area contributed by atoms with Crippen molar-refractivity contribution in [1.29, 1.82) is 0 Å². The molecule has 106 valence electrons. The van der Waals surface area contributed by atoms with Gasteiger partial charge in [-0.05, 0) is 18.2 Å². The molecule has 1 amide bonds. The van der Waals surface area contributed by atoms with Gasteiger partial charge in [0.15, 0.2) is 0 Å². The van der Waals surface area contributed by atoms with Gasteiger partial charge in [0.1, 0.15) is 0 Å². The van der Waals surface area contributed by atoms with Crippen LogP contribution in [0.2, 0.25) is 0 Å². The van der Waals surface area contributed by atoms with Crippen LogP contribution >= 0.6 is 0 Å². The number of benzene rings is 1. The predicted molar refractivity (Wildman–Crippen MR) is 71.0 cm³/mol. The van der Waals surface area contributed by atoms with Crippen LogP contribution in [0, 0.1) is 0 Å². The fraction of sp³-hybridized carbons (Fsp3) is 0.333. The largest absolute Gasteiger partial charge is 0.318 e. The summed E-state index contributed by atoms with van der Waals surface area (Å²) < 4.78 is 26.3. The van der Waals surface area contributed by atoms with Gasteiger partial charge in [-0.1, -0.05) is 0 Å². The number of piperazine rings is 1. The Morgan fingerprint density at radius 2 is 1.80 bits per heavy atom. The van der Waals surface area contributed by atoms with Crippen molar-refractivity contribution in [2.24, 2.45) is 0 Å². The number of rotatable bonds is 2. The van der Waals surface area contributed by atoms with Crippen LogP contribution in [-0.4, -0.2) is 50.6 Å². The maximum Gasteiger partial charge on any atom is 0.296 e. The highest BCUT2D eigenvalue weighted by atomic mass is 32.2. The summed E-state index contributed by atoms with van der Waals surface area (Å²) in [6.07, 6.45) is 0. The van der Waals surface area contributed by atoms with Crippen molar-refractivity contribution in [3.05, 3.63) is 23.8 Å². The standard InChI is InChI=1S/C12H13N3O4S/c16-11-9-7-8(1-2-10(9)14-12(11)17)20(18,19)15-5-3-13-4-6-15/h1-2,7,13H,3-6H2,(H,14,16,17). The van der Waals surface area contributed by atoms with Crippen LogP contribution in [-0.2, 0) is 14.8 Å². The van der Waals surface area contributed by atoms with E-state index in [1.54, 1.807) is 0 Å². The van der Waals surface area contributed by atoms with Gasteiger partial charge in [-0.25, -0.2) is 8.42 Å². The first-order chi connectivity index (χ1) is 9.50. The predicted octanol–water partition coefficient (Wildman–Crippen LogP) is -0.585. The second-order valence-electron chi connectivity index (χ2n) is 4.64. The topological polar surface area (TPSA) is 95.6 Å². The molecule has 0 atom stereocenters. The maximum atomic E-state index is 12.5. The Morgan fingerprint density at radius 3 is 2.50 bits per heavy atom. The lowest BCUT2D eigenvalue weighted by molar-refractivity contribution is -0.112. The van der Waals surface area contributed by atoms with Crippen LogP contribution < -0.4 is 10.6 Å². The molecule has 20 heavy (non-hydrogen) atoms. The highest BCUT2D eigenvalue weighted by molar-refractivity contribution is 7.89. The summed E-state index contributed by atoms with van der Waals surface area (Å²) in [5.74, 6) is -1.42. The zero-order valence-electron chi connectivity index (χ0n) is 10.5. The summed E-state index contributed by atoms with van der Waals surface area (Å²) in [4.78, 5) is 22.9. The molecule has 0 aliphatic carbocycles. The average Bonchev–Trinajstić information content (AvgIpc) is 2.75. The third-order valence-electron chi connectivity index (χ3n) is 3.40. The molecule has 0 unspecified atom stereocenters. The van der Waals surface area contributed by atoms with E-state index >= 15 is 0 Å². The highest BCUT2D eigenvalue weighted by Gasteiger charge is 2.32. The molecule has 2 aliphatic heterocycles. The van der Waals surface area contributed by atoms with Gasteiger partial charge in [0.25, 0.3) is 11.7 Å². The molecule has 3 rings (SSSR count). The smallest absolute Gasteiger partial charge is 0.296 e. The molecule has 2 aliphatic rings. The first-order valence-electron chi connectivity index (χ1n) is 6.21. The molecule has 2 heterocycles. The van der Waals surface area contributed by atoms with Gasteiger partial charge in [-0.2, -0.15) is 4.31 Å². The summed E-state index contributed by atoms with van der Waals surface area (Å²) in [5.41, 5.74) is 0.477. The quantitative estimate of drug-likeness (QED) is 0.711. The fourth-order valence-electron chi connectivity index (χ4n) is 2.32. The number of nitrogens with zero attached hydrogens (tertiary/aromatic N) is 1. The molecular weight excluding hydrogens is 282 g/mol. The number of sulfonamides is 1. The van der Waals surface area contributed by atoms with Crippen LogP contribution in [0.1, 0.15) is 10.4 Å². The van der Waals surface area contributed by atoms with Gasteiger partial charge >= 0.3 is 0 Å². The summed E-state index contributed by atoms with van der Waals surface area (Å²) in [6, 6.07) is 4.13. The van der Waals surface area contributed by atoms with Crippen LogP contribution in [0.3, 0.4) is 0 Å². The van der Waals surface area contributed by atoms with E-state index in [4.69, 9.17) is 0 Å². The third-order valence-corrected chi connectivity index (χ3v) is 5.30. The molecule has 0 saturated carbocycles. The monoisotopic (exact) mass is 295 g/mol. The van der Waals surface area contributed by atoms with E-state index in [1.807, 2.05) is 0 Å². The average molecular weight is 295 g/mol. The minimum absolute atomic E-state index is 0.0444. The van der Waals surface area contributed by atoms with E-state index in [-0.39, 0.29) is 10.5 Å². The molecule has 1 fully saturated rings. The van der Waals surface area contributed by atoms with Crippen molar-refractivity contribution in [3.63, 3.8) is 0 Å². The van der Waals surface area contributed by atoms with E-state index in [1.165, 1.54) is 22.5 Å². The Bertz CT molecular complexity index is 693. The Hall–Kier alpha value is -1.77. The molecule has 7 nitrogen and oxygen atoms in total.